The minimum atomic E-state index is -0.272. The van der Waals surface area contributed by atoms with Crippen LogP contribution in [0.15, 0.2) is 0 Å². The molecule has 2 nitrogen and oxygen atoms in total. The molecule has 1 radical (unpaired) electrons. The van der Waals surface area contributed by atoms with Gasteiger partial charge in [0, 0.05) is 13.1 Å². The van der Waals surface area contributed by atoms with Crippen LogP contribution in [0.1, 0.15) is 12.8 Å². The van der Waals surface area contributed by atoms with E-state index < -0.39 is 0 Å². The summed E-state index contributed by atoms with van der Waals surface area (Å²) in [7, 11) is 2.06. The van der Waals surface area contributed by atoms with Crippen molar-refractivity contribution >= 4 is 0 Å². The molecule has 0 unspecified atom stereocenters. The molecule has 0 aromatic carbocycles. The van der Waals surface area contributed by atoms with Crippen LogP contribution in [0.4, 0.5) is 0 Å². The van der Waals surface area contributed by atoms with Gasteiger partial charge in [0.05, 0.1) is 6.10 Å². The summed E-state index contributed by atoms with van der Waals surface area (Å²) in [6, 6.07) is 0. The first-order chi connectivity index (χ1) is 3.79. The third-order valence-electron chi connectivity index (χ3n) is 1.67. The van der Waals surface area contributed by atoms with Crippen molar-refractivity contribution in [2.24, 2.45) is 0 Å². The Morgan fingerprint density at radius 1 is 1.38 bits per heavy atom. The summed E-state index contributed by atoms with van der Waals surface area (Å²) in [6.07, 6.45) is 1.42. The first kappa shape index (κ1) is 6.05. The first-order valence-corrected chi connectivity index (χ1v) is 3.13. The molecule has 0 saturated carbocycles. The lowest BCUT2D eigenvalue weighted by atomic mass is 10.1. The van der Waals surface area contributed by atoms with E-state index in [2.05, 4.69) is 11.9 Å². The Morgan fingerprint density at radius 3 is 2.25 bits per heavy atom. The van der Waals surface area contributed by atoms with Crippen LogP contribution >= 0.6 is 0 Å². The van der Waals surface area contributed by atoms with E-state index in [0.29, 0.717) is 0 Å². The molecule has 1 saturated heterocycles. The zero-order valence-corrected chi connectivity index (χ0v) is 5.26. The normalized spacial score (nSPS) is 26.2. The maximum absolute atomic E-state index is 10.7. The van der Waals surface area contributed by atoms with E-state index in [9.17, 15) is 5.11 Å². The second-order valence-electron chi connectivity index (χ2n) is 2.50. The van der Waals surface area contributed by atoms with Crippen LogP contribution in [-0.4, -0.2) is 31.1 Å². The van der Waals surface area contributed by atoms with E-state index in [4.69, 9.17) is 0 Å². The molecule has 1 fully saturated rings. The SMILES string of the molecule is CN1CCC([O])CC1. The zero-order chi connectivity index (χ0) is 5.98. The largest absolute Gasteiger partial charge is 0.306 e. The van der Waals surface area contributed by atoms with Gasteiger partial charge >= 0.3 is 0 Å². The third kappa shape index (κ3) is 1.46. The fraction of sp³-hybridized carbons (Fsp3) is 1.00. The Hall–Kier alpha value is -0.0800. The molecule has 0 aliphatic carbocycles. The lowest BCUT2D eigenvalue weighted by molar-refractivity contribution is 0.0346. The second kappa shape index (κ2) is 2.46. The van der Waals surface area contributed by atoms with Crippen LogP contribution in [0, 0.1) is 0 Å². The van der Waals surface area contributed by atoms with Gasteiger partial charge in [0.25, 0.3) is 0 Å². The van der Waals surface area contributed by atoms with Crippen LogP contribution in [0.5, 0.6) is 0 Å². The molecule has 0 spiro atoms. The Morgan fingerprint density at radius 2 is 1.88 bits per heavy atom. The summed E-state index contributed by atoms with van der Waals surface area (Å²) in [6.45, 7) is 1.99. The molecule has 1 rings (SSSR count). The average Bonchev–Trinajstić information content (AvgIpc) is 1.77. The van der Waals surface area contributed by atoms with E-state index in [1.165, 1.54) is 0 Å². The van der Waals surface area contributed by atoms with Crippen LogP contribution < -0.4 is 0 Å². The molecule has 0 N–H and O–H groups in total. The van der Waals surface area contributed by atoms with E-state index in [1.54, 1.807) is 0 Å². The lowest BCUT2D eigenvalue weighted by Gasteiger charge is -2.23. The van der Waals surface area contributed by atoms with Gasteiger partial charge in [0.2, 0.25) is 0 Å². The molecule has 1 aliphatic heterocycles. The van der Waals surface area contributed by atoms with Gasteiger partial charge in [-0.25, -0.2) is 5.11 Å². The standard InChI is InChI=1S/C6H12NO/c1-7-4-2-6(8)3-5-7/h6H,2-5H2,1H3. The van der Waals surface area contributed by atoms with Crippen molar-refractivity contribution in [3.63, 3.8) is 0 Å². The summed E-state index contributed by atoms with van der Waals surface area (Å²) >= 11 is 0. The number of hydrogen-bond donors (Lipinski definition) is 0. The van der Waals surface area contributed by atoms with Gasteiger partial charge < -0.3 is 4.90 Å². The van der Waals surface area contributed by atoms with E-state index >= 15 is 0 Å². The molecule has 8 heavy (non-hydrogen) atoms. The highest BCUT2D eigenvalue weighted by Gasteiger charge is 2.13. The highest BCUT2D eigenvalue weighted by atomic mass is 16.3. The Balaban J connectivity index is 2.19. The number of nitrogens with zero attached hydrogens (tertiary/aromatic N) is 1. The van der Waals surface area contributed by atoms with E-state index in [-0.39, 0.29) is 6.10 Å². The lowest BCUT2D eigenvalue weighted by Crippen LogP contribution is -2.31. The third-order valence-corrected chi connectivity index (χ3v) is 1.67. The van der Waals surface area contributed by atoms with Gasteiger partial charge in [-0.2, -0.15) is 0 Å². The smallest absolute Gasteiger partial charge is 0.0954 e. The highest BCUT2D eigenvalue weighted by molar-refractivity contribution is 4.66. The first-order valence-electron chi connectivity index (χ1n) is 3.13. The van der Waals surface area contributed by atoms with Gasteiger partial charge in [-0.05, 0) is 19.9 Å². The van der Waals surface area contributed by atoms with Gasteiger partial charge in [0.15, 0.2) is 0 Å². The van der Waals surface area contributed by atoms with Crippen LogP contribution in [0.25, 0.3) is 0 Å². The van der Waals surface area contributed by atoms with Crippen molar-refractivity contribution in [2.75, 3.05) is 20.1 Å². The van der Waals surface area contributed by atoms with Crippen molar-refractivity contribution < 1.29 is 5.11 Å². The average molecular weight is 114 g/mol. The van der Waals surface area contributed by atoms with Gasteiger partial charge in [-0.1, -0.05) is 0 Å². The van der Waals surface area contributed by atoms with Crippen molar-refractivity contribution in [2.45, 2.75) is 18.9 Å². The topological polar surface area (TPSA) is 23.1 Å². The van der Waals surface area contributed by atoms with Crippen molar-refractivity contribution in [3.8, 4) is 0 Å². The molecular formula is C6H12NO. The van der Waals surface area contributed by atoms with Gasteiger partial charge in [0.1, 0.15) is 0 Å². The number of piperidine rings is 1. The van der Waals surface area contributed by atoms with Gasteiger partial charge in [-0.3, -0.25) is 0 Å². The molecule has 0 amide bonds. The zero-order valence-electron chi connectivity index (χ0n) is 5.26. The fourth-order valence-corrected chi connectivity index (χ4v) is 0.985. The molecule has 0 aromatic rings. The molecule has 47 valence electrons. The monoisotopic (exact) mass is 114 g/mol. The van der Waals surface area contributed by atoms with Crippen molar-refractivity contribution in [3.05, 3.63) is 0 Å². The van der Waals surface area contributed by atoms with E-state index in [0.717, 1.165) is 25.9 Å². The molecule has 2 heteroatoms. The molecular weight excluding hydrogens is 102 g/mol. The molecule has 1 aliphatic rings. The summed E-state index contributed by atoms with van der Waals surface area (Å²) in [5, 5.41) is 10.7. The summed E-state index contributed by atoms with van der Waals surface area (Å²) in [5.74, 6) is 0. The highest BCUT2D eigenvalue weighted by Crippen LogP contribution is 2.07. The Bertz CT molecular complexity index is 56.9. The maximum Gasteiger partial charge on any atom is 0.0954 e. The molecule has 0 aromatic heterocycles. The molecule has 0 bridgehead atoms. The Labute approximate surface area is 50.1 Å². The maximum atomic E-state index is 10.7. The van der Waals surface area contributed by atoms with Crippen LogP contribution in [-0.2, 0) is 5.11 Å². The number of likely N-dealkylation sites (tertiary alicyclic amines) is 1. The minimum absolute atomic E-state index is 0.272. The predicted octanol–water partition coefficient (Wildman–Crippen LogP) is 0.511. The van der Waals surface area contributed by atoms with Crippen LogP contribution in [0.3, 0.4) is 0 Å². The molecule has 0 atom stereocenters. The summed E-state index contributed by atoms with van der Waals surface area (Å²) < 4.78 is 0. The summed E-state index contributed by atoms with van der Waals surface area (Å²) in [4.78, 5) is 2.20. The van der Waals surface area contributed by atoms with Crippen LogP contribution in [0.2, 0.25) is 0 Å². The predicted molar refractivity (Wildman–Crippen MR) is 31.2 cm³/mol. The van der Waals surface area contributed by atoms with E-state index in [1.807, 2.05) is 0 Å². The summed E-state index contributed by atoms with van der Waals surface area (Å²) in [5.41, 5.74) is 0. The van der Waals surface area contributed by atoms with Crippen molar-refractivity contribution in [1.82, 2.24) is 4.90 Å². The van der Waals surface area contributed by atoms with Gasteiger partial charge in [-0.15, -0.1) is 0 Å². The number of rotatable bonds is 0. The molecule has 1 heterocycles. The quantitative estimate of drug-likeness (QED) is 0.450. The Kier molecular flexibility index (Phi) is 1.86. The second-order valence-corrected chi connectivity index (χ2v) is 2.50. The number of hydrogen-bond acceptors (Lipinski definition) is 1. The van der Waals surface area contributed by atoms with Crippen molar-refractivity contribution in [1.29, 1.82) is 0 Å². The minimum Gasteiger partial charge on any atom is -0.306 e. The fourth-order valence-electron chi connectivity index (χ4n) is 0.985.